The van der Waals surface area contributed by atoms with Gasteiger partial charge in [-0.05, 0) is 38.2 Å². The van der Waals surface area contributed by atoms with Gasteiger partial charge in [-0.3, -0.25) is 4.79 Å². The van der Waals surface area contributed by atoms with Crippen LogP contribution in [0.5, 0.6) is 17.2 Å². The lowest BCUT2D eigenvalue weighted by Crippen LogP contribution is -2.32. The smallest absolute Gasteiger partial charge is 0.197 e. The van der Waals surface area contributed by atoms with E-state index in [-0.39, 0.29) is 46.8 Å². The molecule has 158 valence electrons. The van der Waals surface area contributed by atoms with Gasteiger partial charge in [0.2, 0.25) is 0 Å². The van der Waals surface area contributed by atoms with Crippen LogP contribution in [0.2, 0.25) is 0 Å². The largest absolute Gasteiger partial charge is 0.507 e. The Kier molecular flexibility index (Phi) is 5.48. The van der Waals surface area contributed by atoms with Crippen LogP contribution < -0.4 is 10.2 Å². The van der Waals surface area contributed by atoms with Gasteiger partial charge in [0.15, 0.2) is 5.43 Å². The molecular formula is C22H22BrNO6. The van der Waals surface area contributed by atoms with Crippen molar-refractivity contribution in [2.45, 2.75) is 18.4 Å². The number of benzene rings is 2. The first-order chi connectivity index (χ1) is 14.3. The molecule has 0 aliphatic carbocycles. The standard InChI is InChI=1S/C22H22BrNO6/c1-24-6-5-12(15(24)10-25)20-16(26)8-17(27)21-18(28)9-19(30-22(20)21)13-7-11(29-2)3-4-14(13)23/h3-4,7-9,12,15,25-27H,5-6,10H2,1-2H3/t12-,15+/m0/s1. The molecule has 0 unspecified atom stereocenters. The normalized spacial score (nSPS) is 19.5. The van der Waals surface area contributed by atoms with Gasteiger partial charge >= 0.3 is 0 Å². The summed E-state index contributed by atoms with van der Waals surface area (Å²) in [5, 5.41) is 30.9. The van der Waals surface area contributed by atoms with Gasteiger partial charge in [-0.1, -0.05) is 15.9 Å². The summed E-state index contributed by atoms with van der Waals surface area (Å²) < 4.78 is 12.1. The van der Waals surface area contributed by atoms with Crippen molar-refractivity contribution in [2.75, 3.05) is 27.3 Å². The summed E-state index contributed by atoms with van der Waals surface area (Å²) in [4.78, 5) is 14.9. The number of aliphatic hydroxyl groups is 1. The van der Waals surface area contributed by atoms with E-state index in [1.807, 2.05) is 11.9 Å². The molecular weight excluding hydrogens is 454 g/mol. The number of nitrogens with zero attached hydrogens (tertiary/aromatic N) is 1. The minimum absolute atomic E-state index is 0.0109. The lowest BCUT2D eigenvalue weighted by Gasteiger charge is -2.24. The maximum atomic E-state index is 12.9. The fourth-order valence-electron chi connectivity index (χ4n) is 4.24. The minimum atomic E-state index is -0.424. The number of aromatic hydroxyl groups is 2. The number of halogens is 1. The van der Waals surface area contributed by atoms with Gasteiger partial charge in [-0.25, -0.2) is 0 Å². The molecule has 8 heteroatoms. The van der Waals surface area contributed by atoms with Crippen LogP contribution in [0.3, 0.4) is 0 Å². The molecule has 1 fully saturated rings. The van der Waals surface area contributed by atoms with E-state index in [2.05, 4.69) is 15.9 Å². The molecule has 1 saturated heterocycles. The molecule has 0 bridgehead atoms. The summed E-state index contributed by atoms with van der Waals surface area (Å²) in [7, 11) is 3.44. The van der Waals surface area contributed by atoms with E-state index in [1.165, 1.54) is 12.1 Å². The summed E-state index contributed by atoms with van der Waals surface area (Å²) in [6.45, 7) is 0.622. The number of likely N-dealkylation sites (N-methyl/N-ethyl adjacent to an activating group) is 1. The fraction of sp³-hybridized carbons (Fsp3) is 0.318. The molecule has 2 heterocycles. The van der Waals surface area contributed by atoms with Crippen molar-refractivity contribution in [3.8, 4) is 28.6 Å². The number of ether oxygens (including phenoxy) is 1. The van der Waals surface area contributed by atoms with Crippen molar-refractivity contribution < 1.29 is 24.5 Å². The zero-order valence-electron chi connectivity index (χ0n) is 16.6. The van der Waals surface area contributed by atoms with E-state index in [0.717, 1.165) is 6.54 Å². The highest BCUT2D eigenvalue weighted by Crippen LogP contribution is 2.44. The Bertz CT molecular complexity index is 1170. The zero-order chi connectivity index (χ0) is 21.6. The van der Waals surface area contributed by atoms with Crippen LogP contribution in [0, 0.1) is 0 Å². The quantitative estimate of drug-likeness (QED) is 0.530. The molecule has 1 aliphatic heterocycles. The van der Waals surface area contributed by atoms with Gasteiger partial charge in [0.1, 0.15) is 34.0 Å². The van der Waals surface area contributed by atoms with Crippen LogP contribution in [-0.2, 0) is 0 Å². The third-order valence-corrected chi connectivity index (χ3v) is 6.51. The second kappa shape index (κ2) is 7.94. The first-order valence-electron chi connectivity index (χ1n) is 9.53. The molecule has 0 radical (unpaired) electrons. The monoisotopic (exact) mass is 475 g/mol. The Hall–Kier alpha value is -2.55. The molecule has 0 amide bonds. The van der Waals surface area contributed by atoms with Gasteiger partial charge in [0.25, 0.3) is 0 Å². The van der Waals surface area contributed by atoms with E-state index >= 15 is 0 Å². The van der Waals surface area contributed by atoms with Crippen molar-refractivity contribution in [3.63, 3.8) is 0 Å². The summed E-state index contributed by atoms with van der Waals surface area (Å²) in [6.07, 6.45) is 0.673. The number of rotatable bonds is 4. The zero-order valence-corrected chi connectivity index (χ0v) is 18.1. The van der Waals surface area contributed by atoms with E-state index in [1.54, 1.807) is 25.3 Å². The SMILES string of the molecule is COc1ccc(Br)c(-c2cc(=O)c3c(O)cc(O)c([C@H]4CCN(C)[C@@H]4CO)c3o2)c1. The number of aliphatic hydroxyl groups excluding tert-OH is 1. The molecule has 4 rings (SSSR count). The van der Waals surface area contributed by atoms with E-state index in [4.69, 9.17) is 9.15 Å². The summed E-state index contributed by atoms with van der Waals surface area (Å²) in [5.41, 5.74) is 0.726. The fourth-order valence-corrected chi connectivity index (χ4v) is 4.69. The lowest BCUT2D eigenvalue weighted by atomic mass is 9.89. The Labute approximate surface area is 181 Å². The lowest BCUT2D eigenvalue weighted by molar-refractivity contribution is 0.172. The second-order valence-corrected chi connectivity index (χ2v) is 8.33. The second-order valence-electron chi connectivity index (χ2n) is 7.48. The van der Waals surface area contributed by atoms with Crippen molar-refractivity contribution in [3.05, 3.63) is 50.6 Å². The van der Waals surface area contributed by atoms with Crippen molar-refractivity contribution >= 4 is 26.9 Å². The first kappa shape index (κ1) is 20.7. The maximum absolute atomic E-state index is 12.9. The van der Waals surface area contributed by atoms with Gasteiger partial charge in [0.05, 0.1) is 13.7 Å². The molecule has 3 N–H and O–H groups in total. The first-order valence-corrected chi connectivity index (χ1v) is 10.3. The molecule has 30 heavy (non-hydrogen) atoms. The number of fused-ring (bicyclic) bond motifs is 1. The Morgan fingerprint density at radius 1 is 1.23 bits per heavy atom. The minimum Gasteiger partial charge on any atom is -0.507 e. The van der Waals surface area contributed by atoms with Crippen LogP contribution in [0.1, 0.15) is 17.9 Å². The Morgan fingerprint density at radius 3 is 2.70 bits per heavy atom. The Morgan fingerprint density at radius 2 is 2.00 bits per heavy atom. The molecule has 2 aromatic carbocycles. The van der Waals surface area contributed by atoms with Gasteiger partial charge in [-0.15, -0.1) is 0 Å². The number of hydrogen-bond donors (Lipinski definition) is 3. The highest BCUT2D eigenvalue weighted by Gasteiger charge is 2.36. The third kappa shape index (κ3) is 3.34. The number of phenolic OH excluding ortho intramolecular Hbond substituents is 2. The van der Waals surface area contributed by atoms with Crippen LogP contribution >= 0.6 is 15.9 Å². The molecule has 0 saturated carbocycles. The number of phenols is 2. The molecule has 1 aliphatic rings. The van der Waals surface area contributed by atoms with Crippen molar-refractivity contribution in [2.24, 2.45) is 0 Å². The average Bonchev–Trinajstić information content (AvgIpc) is 3.07. The maximum Gasteiger partial charge on any atom is 0.197 e. The average molecular weight is 476 g/mol. The van der Waals surface area contributed by atoms with E-state index in [0.29, 0.717) is 27.8 Å². The topological polar surface area (TPSA) is 103 Å². The molecule has 0 spiro atoms. The molecule has 1 aromatic heterocycles. The van der Waals surface area contributed by atoms with Gasteiger partial charge in [0, 0.05) is 39.7 Å². The van der Waals surface area contributed by atoms with E-state index in [9.17, 15) is 20.1 Å². The highest BCUT2D eigenvalue weighted by atomic mass is 79.9. The van der Waals surface area contributed by atoms with Gasteiger partial charge in [-0.2, -0.15) is 0 Å². The number of hydrogen-bond acceptors (Lipinski definition) is 7. The summed E-state index contributed by atoms with van der Waals surface area (Å²) >= 11 is 3.47. The summed E-state index contributed by atoms with van der Waals surface area (Å²) in [5.74, 6) is 0.103. The predicted molar refractivity (Wildman–Crippen MR) is 116 cm³/mol. The highest BCUT2D eigenvalue weighted by molar-refractivity contribution is 9.10. The van der Waals surface area contributed by atoms with E-state index < -0.39 is 5.43 Å². The number of likely N-dealkylation sites (tertiary alicyclic amines) is 1. The van der Waals surface area contributed by atoms with Crippen LogP contribution in [0.4, 0.5) is 0 Å². The predicted octanol–water partition coefficient (Wildman–Crippen LogP) is 3.42. The third-order valence-electron chi connectivity index (χ3n) is 5.82. The molecule has 7 nitrogen and oxygen atoms in total. The molecule has 3 aromatic rings. The number of methoxy groups -OCH3 is 1. The summed E-state index contributed by atoms with van der Waals surface area (Å²) in [6, 6.07) is 7.54. The van der Waals surface area contributed by atoms with Gasteiger partial charge < -0.3 is 29.4 Å². The van der Waals surface area contributed by atoms with Crippen LogP contribution in [0.25, 0.3) is 22.3 Å². The van der Waals surface area contributed by atoms with Crippen LogP contribution in [-0.4, -0.2) is 53.6 Å². The Balaban J connectivity index is 2.01. The van der Waals surface area contributed by atoms with Crippen molar-refractivity contribution in [1.29, 1.82) is 0 Å². The van der Waals surface area contributed by atoms with Crippen LogP contribution in [0.15, 0.2) is 44.0 Å². The van der Waals surface area contributed by atoms with Crippen molar-refractivity contribution in [1.82, 2.24) is 4.90 Å². The molecule has 2 atom stereocenters.